The molecule has 3 nitrogen and oxygen atoms in total. The third-order valence-corrected chi connectivity index (χ3v) is 11.5. The minimum atomic E-state index is -3.16. The Bertz CT molecular complexity index is 1390. The molecule has 3 aromatic carbocycles. The first kappa shape index (κ1) is 24.5. The smallest absolute Gasteiger partial charge is 0.207 e. The summed E-state index contributed by atoms with van der Waals surface area (Å²) in [6.45, 7) is 3.00. The minimum absolute atomic E-state index is 0.124. The molecular weight excluding hydrogens is 497 g/mol. The summed E-state index contributed by atoms with van der Waals surface area (Å²) in [5.74, 6) is 1.25. The first-order valence-corrected chi connectivity index (χ1v) is 15.1. The van der Waals surface area contributed by atoms with E-state index in [1.54, 1.807) is 6.26 Å². The van der Waals surface area contributed by atoms with Crippen LogP contribution in [0, 0.1) is 11.3 Å². The van der Waals surface area contributed by atoms with E-state index >= 15 is 4.57 Å². The second kappa shape index (κ2) is 9.80. The van der Waals surface area contributed by atoms with Crippen molar-refractivity contribution in [2.24, 2.45) is 11.3 Å². The van der Waals surface area contributed by atoms with Crippen molar-refractivity contribution in [2.75, 3.05) is 6.54 Å². The SMILES string of the molecule is CCC[C@@H]1CN(P(=O)(c2ccccc2)c2ccccc2)[C@@H](c2ccco2)[C@]12C=C(c1ccc(Cl)cc1)C2. The average Bonchev–Trinajstić information content (AvgIpc) is 3.56. The van der Waals surface area contributed by atoms with Gasteiger partial charge in [-0.3, -0.25) is 4.57 Å². The van der Waals surface area contributed by atoms with Crippen molar-refractivity contribution in [2.45, 2.75) is 32.2 Å². The molecule has 0 amide bonds. The van der Waals surface area contributed by atoms with Crippen molar-refractivity contribution >= 4 is 35.1 Å². The zero-order chi connectivity index (χ0) is 25.5. The van der Waals surface area contributed by atoms with Crippen LogP contribution in [-0.2, 0) is 4.57 Å². The molecule has 1 saturated heterocycles. The molecule has 1 aromatic heterocycles. The summed E-state index contributed by atoms with van der Waals surface area (Å²) in [5.41, 5.74) is 2.38. The van der Waals surface area contributed by atoms with Crippen LogP contribution in [-0.4, -0.2) is 11.2 Å². The number of hydrogen-bond acceptors (Lipinski definition) is 2. The van der Waals surface area contributed by atoms with E-state index in [2.05, 4.69) is 35.9 Å². The zero-order valence-electron chi connectivity index (χ0n) is 21.0. The van der Waals surface area contributed by atoms with E-state index in [1.165, 1.54) is 11.1 Å². The number of furan rings is 1. The van der Waals surface area contributed by atoms with E-state index in [4.69, 9.17) is 16.0 Å². The highest BCUT2D eigenvalue weighted by molar-refractivity contribution is 7.76. The Kier molecular flexibility index (Phi) is 6.49. The summed E-state index contributed by atoms with van der Waals surface area (Å²) in [6.07, 6.45) is 7.26. The summed E-state index contributed by atoms with van der Waals surface area (Å²) in [6, 6.07) is 32.0. The molecule has 0 N–H and O–H groups in total. The summed E-state index contributed by atoms with van der Waals surface area (Å²) in [7, 11) is -3.16. The highest BCUT2D eigenvalue weighted by Gasteiger charge is 2.61. The van der Waals surface area contributed by atoms with Gasteiger partial charge in [-0.25, -0.2) is 4.67 Å². The quantitative estimate of drug-likeness (QED) is 0.228. The molecular formula is C32H31ClNO2P. The van der Waals surface area contributed by atoms with Gasteiger partial charge in [0.15, 0.2) is 0 Å². The van der Waals surface area contributed by atoms with Crippen molar-refractivity contribution in [1.29, 1.82) is 0 Å². The first-order valence-electron chi connectivity index (χ1n) is 13.1. The lowest BCUT2D eigenvalue weighted by atomic mass is 9.59. The summed E-state index contributed by atoms with van der Waals surface area (Å²) in [4.78, 5) is 0. The molecule has 37 heavy (non-hydrogen) atoms. The van der Waals surface area contributed by atoms with Gasteiger partial charge < -0.3 is 4.42 Å². The average molecular weight is 528 g/mol. The van der Waals surface area contributed by atoms with Crippen LogP contribution in [0.3, 0.4) is 0 Å². The van der Waals surface area contributed by atoms with Crippen LogP contribution in [0.4, 0.5) is 0 Å². The highest BCUT2D eigenvalue weighted by atomic mass is 35.5. The molecule has 2 heterocycles. The molecule has 1 fully saturated rings. The molecule has 0 saturated carbocycles. The van der Waals surface area contributed by atoms with Gasteiger partial charge in [0, 0.05) is 27.6 Å². The van der Waals surface area contributed by atoms with Crippen molar-refractivity contribution in [3.63, 3.8) is 0 Å². The fourth-order valence-corrected chi connectivity index (χ4v) is 9.72. The molecule has 1 aliphatic heterocycles. The van der Waals surface area contributed by atoms with Gasteiger partial charge in [0.1, 0.15) is 5.76 Å². The molecule has 6 rings (SSSR count). The van der Waals surface area contributed by atoms with E-state index in [0.29, 0.717) is 5.92 Å². The highest BCUT2D eigenvalue weighted by Crippen LogP contribution is 2.69. The molecule has 5 heteroatoms. The molecule has 188 valence electrons. The van der Waals surface area contributed by atoms with E-state index in [0.717, 1.165) is 47.2 Å². The third kappa shape index (κ3) is 4.05. The molecule has 2 aliphatic rings. The third-order valence-electron chi connectivity index (χ3n) is 8.15. The van der Waals surface area contributed by atoms with Crippen molar-refractivity contribution in [1.82, 2.24) is 4.67 Å². The molecule has 1 spiro atoms. The van der Waals surface area contributed by atoms with Gasteiger partial charge in [0.05, 0.1) is 12.3 Å². The number of nitrogens with zero attached hydrogens (tertiary/aromatic N) is 1. The minimum Gasteiger partial charge on any atom is -0.468 e. The topological polar surface area (TPSA) is 33.5 Å². The van der Waals surface area contributed by atoms with Crippen molar-refractivity contribution < 1.29 is 8.98 Å². The van der Waals surface area contributed by atoms with Crippen LogP contribution in [0.5, 0.6) is 0 Å². The largest absolute Gasteiger partial charge is 0.468 e. The van der Waals surface area contributed by atoms with Crippen molar-refractivity contribution in [3.05, 3.63) is 126 Å². The van der Waals surface area contributed by atoms with Gasteiger partial charge in [-0.1, -0.05) is 79.6 Å². The van der Waals surface area contributed by atoms with Crippen LogP contribution in [0.25, 0.3) is 5.57 Å². The Morgan fingerprint density at radius 1 is 0.919 bits per heavy atom. The Hall–Kier alpha value is -2.84. The van der Waals surface area contributed by atoms with Gasteiger partial charge in [0.25, 0.3) is 0 Å². The summed E-state index contributed by atoms with van der Waals surface area (Å²) in [5, 5.41) is 2.48. The molecule has 0 radical (unpaired) electrons. The lowest BCUT2D eigenvalue weighted by Crippen LogP contribution is -2.39. The monoisotopic (exact) mass is 527 g/mol. The molecule has 1 aliphatic carbocycles. The molecule has 0 unspecified atom stereocenters. The zero-order valence-corrected chi connectivity index (χ0v) is 22.6. The first-order chi connectivity index (χ1) is 18.1. The predicted octanol–water partition coefficient (Wildman–Crippen LogP) is 8.11. The second-order valence-corrected chi connectivity index (χ2v) is 13.4. The predicted molar refractivity (Wildman–Crippen MR) is 153 cm³/mol. The van der Waals surface area contributed by atoms with Gasteiger partial charge in [-0.2, -0.15) is 0 Å². The van der Waals surface area contributed by atoms with E-state index in [-0.39, 0.29) is 11.5 Å². The van der Waals surface area contributed by atoms with Crippen LogP contribution < -0.4 is 10.6 Å². The molecule has 0 bridgehead atoms. The maximum Gasteiger partial charge on any atom is 0.207 e. The van der Waals surface area contributed by atoms with Gasteiger partial charge in [-0.15, -0.1) is 0 Å². The Labute approximate surface area is 224 Å². The fourth-order valence-electron chi connectivity index (χ4n) is 6.46. The molecule has 4 aromatic rings. The Morgan fingerprint density at radius 3 is 2.08 bits per heavy atom. The Morgan fingerprint density at radius 2 is 1.54 bits per heavy atom. The Balaban J connectivity index is 1.53. The number of allylic oxidation sites excluding steroid dienone is 1. The fraction of sp³-hybridized carbons (Fsp3) is 0.250. The van der Waals surface area contributed by atoms with Gasteiger partial charge in [-0.05, 0) is 78.4 Å². The maximum absolute atomic E-state index is 15.5. The maximum atomic E-state index is 15.5. The lowest BCUT2D eigenvalue weighted by Gasteiger charge is -2.46. The van der Waals surface area contributed by atoms with E-state index in [1.807, 2.05) is 78.9 Å². The molecule has 3 atom stereocenters. The van der Waals surface area contributed by atoms with Crippen molar-refractivity contribution in [3.8, 4) is 0 Å². The number of halogens is 1. The van der Waals surface area contributed by atoms with Gasteiger partial charge in [0.2, 0.25) is 7.29 Å². The van der Waals surface area contributed by atoms with E-state index in [9.17, 15) is 0 Å². The number of rotatable bonds is 7. The van der Waals surface area contributed by atoms with Crippen LogP contribution in [0.15, 0.2) is 114 Å². The van der Waals surface area contributed by atoms with Crippen LogP contribution in [0.1, 0.15) is 43.6 Å². The number of benzene rings is 3. The van der Waals surface area contributed by atoms with Crippen LogP contribution in [0.2, 0.25) is 5.02 Å². The second-order valence-electron chi connectivity index (χ2n) is 10.2. The summed E-state index contributed by atoms with van der Waals surface area (Å²) < 4.78 is 24.0. The lowest BCUT2D eigenvalue weighted by molar-refractivity contribution is 0.183. The van der Waals surface area contributed by atoms with Crippen LogP contribution >= 0.6 is 18.9 Å². The van der Waals surface area contributed by atoms with E-state index < -0.39 is 7.29 Å². The summed E-state index contributed by atoms with van der Waals surface area (Å²) >= 11 is 6.17. The standard InChI is InChI=1S/C32H31ClNO2P/c1-2-10-26-23-34(37(35,28-11-5-3-6-12-28)29-13-7-4-8-14-29)31(30-15-9-20-36-30)32(26)21-25(22-32)24-16-18-27(33)19-17-24/h3-9,11-21,26,31H,2,10,22-23H2,1H3/t26-,31+,32+/m1/s1. The van der Waals surface area contributed by atoms with Gasteiger partial charge >= 0.3 is 0 Å². The normalized spacial score (nSPS) is 23.7. The number of hydrogen-bond donors (Lipinski definition) is 0.